The molecule has 6 heteroatoms. The van der Waals surface area contributed by atoms with Gasteiger partial charge in [-0.3, -0.25) is 0 Å². The van der Waals surface area contributed by atoms with Gasteiger partial charge in [-0.25, -0.2) is 8.42 Å². The maximum Gasteiger partial charge on any atom is 0.244 e. The van der Waals surface area contributed by atoms with Gasteiger partial charge in [0.15, 0.2) is 0 Å². The van der Waals surface area contributed by atoms with Crippen molar-refractivity contribution in [3.05, 3.63) is 18.0 Å². The number of aromatic nitrogens is 1. The first-order chi connectivity index (χ1) is 9.80. The summed E-state index contributed by atoms with van der Waals surface area (Å²) in [7, 11) is -3.40. The lowest BCUT2D eigenvalue weighted by Crippen LogP contribution is -2.32. The number of sulfonamides is 1. The van der Waals surface area contributed by atoms with Gasteiger partial charge in [0, 0.05) is 31.5 Å². The zero-order valence-electron chi connectivity index (χ0n) is 13.1. The minimum Gasteiger partial charge on any atom is -0.349 e. The lowest BCUT2D eigenvalue weighted by Gasteiger charge is -2.22. The van der Waals surface area contributed by atoms with Crippen LogP contribution in [0.25, 0.3) is 0 Å². The van der Waals surface area contributed by atoms with Gasteiger partial charge in [0.2, 0.25) is 10.0 Å². The van der Waals surface area contributed by atoms with Crippen molar-refractivity contribution in [3.63, 3.8) is 0 Å². The molecule has 2 heterocycles. The molecule has 1 fully saturated rings. The third-order valence-corrected chi connectivity index (χ3v) is 6.51. The van der Waals surface area contributed by atoms with Crippen molar-refractivity contribution in [1.82, 2.24) is 8.87 Å². The highest BCUT2D eigenvalue weighted by molar-refractivity contribution is 7.89. The number of aryl methyl sites for hydroxylation is 1. The minimum absolute atomic E-state index is 0.223. The van der Waals surface area contributed by atoms with Gasteiger partial charge in [0.1, 0.15) is 4.90 Å². The second-order valence-electron chi connectivity index (χ2n) is 6.51. The Morgan fingerprint density at radius 2 is 2.00 bits per heavy atom. The van der Waals surface area contributed by atoms with Crippen LogP contribution in [0.3, 0.4) is 0 Å². The van der Waals surface area contributed by atoms with Crippen molar-refractivity contribution >= 4 is 21.6 Å². The molecule has 1 aliphatic heterocycles. The third kappa shape index (κ3) is 3.63. The van der Waals surface area contributed by atoms with Crippen molar-refractivity contribution < 1.29 is 8.42 Å². The molecular formula is C15H25ClN2O2S. The highest BCUT2D eigenvalue weighted by Gasteiger charge is 2.31. The van der Waals surface area contributed by atoms with E-state index in [1.807, 2.05) is 11.5 Å². The van der Waals surface area contributed by atoms with Crippen molar-refractivity contribution in [3.8, 4) is 0 Å². The predicted octanol–water partition coefficient (Wildman–Crippen LogP) is 3.45. The van der Waals surface area contributed by atoms with Gasteiger partial charge in [0.05, 0.1) is 5.88 Å². The Bertz CT molecular complexity index is 571. The number of hydrogen-bond acceptors (Lipinski definition) is 2. The molecule has 120 valence electrons. The molecule has 0 aliphatic carbocycles. The molecule has 1 aromatic heterocycles. The normalized spacial score (nSPS) is 20.4. The lowest BCUT2D eigenvalue weighted by molar-refractivity contribution is 0.315. The second kappa shape index (κ2) is 6.31. The fourth-order valence-electron chi connectivity index (χ4n) is 2.86. The molecule has 0 unspecified atom stereocenters. The van der Waals surface area contributed by atoms with Crippen LogP contribution >= 0.6 is 11.6 Å². The van der Waals surface area contributed by atoms with Gasteiger partial charge in [-0.1, -0.05) is 13.8 Å². The molecule has 0 atom stereocenters. The van der Waals surface area contributed by atoms with Crippen LogP contribution in [0.1, 0.15) is 45.7 Å². The Morgan fingerprint density at radius 1 is 1.29 bits per heavy atom. The monoisotopic (exact) mass is 332 g/mol. The van der Waals surface area contributed by atoms with E-state index < -0.39 is 10.0 Å². The fraction of sp³-hybridized carbons (Fsp3) is 0.733. The van der Waals surface area contributed by atoms with E-state index in [2.05, 4.69) is 13.8 Å². The molecule has 0 bridgehead atoms. The summed E-state index contributed by atoms with van der Waals surface area (Å²) in [5.41, 5.74) is 1.08. The van der Waals surface area contributed by atoms with Gasteiger partial charge < -0.3 is 4.57 Å². The van der Waals surface area contributed by atoms with E-state index in [1.165, 1.54) is 0 Å². The summed E-state index contributed by atoms with van der Waals surface area (Å²) in [5, 5.41) is 0. The first-order valence-electron chi connectivity index (χ1n) is 7.55. The SMILES string of the molecule is CCn1cc(S(=O)(=O)N2CCCC(C)(C)CC2)cc1CCl. The van der Waals surface area contributed by atoms with E-state index in [9.17, 15) is 8.42 Å². The third-order valence-electron chi connectivity index (χ3n) is 4.38. The van der Waals surface area contributed by atoms with Crippen LogP contribution in [0.2, 0.25) is 0 Å². The molecule has 1 aliphatic rings. The van der Waals surface area contributed by atoms with E-state index in [-0.39, 0.29) is 5.41 Å². The zero-order valence-corrected chi connectivity index (χ0v) is 14.7. The Kier molecular flexibility index (Phi) is 5.06. The molecule has 0 radical (unpaired) electrons. The second-order valence-corrected chi connectivity index (χ2v) is 8.71. The number of alkyl halides is 1. The maximum absolute atomic E-state index is 12.8. The quantitative estimate of drug-likeness (QED) is 0.792. The summed E-state index contributed by atoms with van der Waals surface area (Å²) < 4.78 is 29.2. The summed E-state index contributed by atoms with van der Waals surface area (Å²) in [6.07, 6.45) is 4.61. The van der Waals surface area contributed by atoms with E-state index in [0.29, 0.717) is 23.9 Å². The summed E-state index contributed by atoms with van der Waals surface area (Å²) >= 11 is 5.89. The molecule has 21 heavy (non-hydrogen) atoms. The number of hydrogen-bond donors (Lipinski definition) is 0. The van der Waals surface area contributed by atoms with Gasteiger partial charge in [-0.2, -0.15) is 4.31 Å². The molecule has 2 rings (SSSR count). The molecule has 4 nitrogen and oxygen atoms in total. The van der Waals surface area contributed by atoms with Gasteiger partial charge in [-0.05, 0) is 37.7 Å². The molecule has 0 N–H and O–H groups in total. The van der Waals surface area contributed by atoms with Crippen molar-refractivity contribution in [1.29, 1.82) is 0 Å². The highest BCUT2D eigenvalue weighted by Crippen LogP contribution is 2.32. The van der Waals surface area contributed by atoms with Crippen molar-refractivity contribution in [2.45, 2.75) is 57.4 Å². The molecule has 0 spiro atoms. The average molecular weight is 333 g/mol. The Morgan fingerprint density at radius 3 is 2.57 bits per heavy atom. The van der Waals surface area contributed by atoms with Gasteiger partial charge >= 0.3 is 0 Å². The van der Waals surface area contributed by atoms with Crippen LogP contribution in [0.5, 0.6) is 0 Å². The first-order valence-corrected chi connectivity index (χ1v) is 9.53. The largest absolute Gasteiger partial charge is 0.349 e. The van der Waals surface area contributed by atoms with Crippen LogP contribution < -0.4 is 0 Å². The first kappa shape index (κ1) is 16.8. The summed E-state index contributed by atoms with van der Waals surface area (Å²) in [4.78, 5) is 0.375. The number of nitrogens with zero attached hydrogens (tertiary/aromatic N) is 2. The van der Waals surface area contributed by atoms with E-state index >= 15 is 0 Å². The lowest BCUT2D eigenvalue weighted by atomic mass is 9.85. The van der Waals surface area contributed by atoms with Crippen molar-refractivity contribution in [2.75, 3.05) is 13.1 Å². The molecule has 1 saturated heterocycles. The van der Waals surface area contributed by atoms with Crippen LogP contribution in [-0.4, -0.2) is 30.4 Å². The average Bonchev–Trinajstić information content (AvgIpc) is 2.77. The molecule has 0 saturated carbocycles. The topological polar surface area (TPSA) is 42.3 Å². The zero-order chi connectivity index (χ0) is 15.7. The summed E-state index contributed by atoms with van der Waals surface area (Å²) in [5.74, 6) is 0.330. The predicted molar refractivity (Wildman–Crippen MR) is 86.1 cm³/mol. The Balaban J connectivity index is 2.27. The van der Waals surface area contributed by atoms with Gasteiger partial charge in [0.25, 0.3) is 0 Å². The van der Waals surface area contributed by atoms with E-state index in [1.54, 1.807) is 16.6 Å². The molecule has 0 aromatic carbocycles. The minimum atomic E-state index is -3.40. The van der Waals surface area contributed by atoms with E-state index in [4.69, 9.17) is 11.6 Å². The molecule has 1 aromatic rings. The number of rotatable bonds is 4. The van der Waals surface area contributed by atoms with Crippen LogP contribution in [0.4, 0.5) is 0 Å². The smallest absolute Gasteiger partial charge is 0.244 e. The standard InChI is InChI=1S/C15H25ClN2O2S/c1-4-17-12-14(10-13(17)11-16)21(19,20)18-8-5-6-15(2,3)7-9-18/h10,12H,4-9,11H2,1-3H3. The van der Waals surface area contributed by atoms with Crippen molar-refractivity contribution in [2.24, 2.45) is 5.41 Å². The Labute approximate surface area is 133 Å². The van der Waals surface area contributed by atoms with Crippen LogP contribution in [0, 0.1) is 5.41 Å². The Hall–Kier alpha value is -0.520. The highest BCUT2D eigenvalue weighted by atomic mass is 35.5. The maximum atomic E-state index is 12.8. The molecule has 0 amide bonds. The van der Waals surface area contributed by atoms with E-state index in [0.717, 1.165) is 31.5 Å². The van der Waals surface area contributed by atoms with Gasteiger partial charge in [-0.15, -0.1) is 11.6 Å². The van der Waals surface area contributed by atoms with Crippen LogP contribution in [0.15, 0.2) is 17.2 Å². The fourth-order valence-corrected chi connectivity index (χ4v) is 4.63. The summed E-state index contributed by atoms with van der Waals surface area (Å²) in [6.45, 7) is 8.35. The molecular weight excluding hydrogens is 308 g/mol. The van der Waals surface area contributed by atoms with Crippen LogP contribution in [-0.2, 0) is 22.4 Å². The summed E-state index contributed by atoms with van der Waals surface area (Å²) in [6, 6.07) is 1.71. The number of halogens is 1.